The Morgan fingerprint density at radius 3 is 2.74 bits per heavy atom. The van der Waals surface area contributed by atoms with E-state index in [0.717, 1.165) is 11.1 Å². The molecule has 0 radical (unpaired) electrons. The second-order valence-corrected chi connectivity index (χ2v) is 4.84. The second-order valence-electron chi connectivity index (χ2n) is 4.40. The molecule has 0 saturated carbocycles. The summed E-state index contributed by atoms with van der Waals surface area (Å²) in [5.74, 6) is -0.198. The fraction of sp³-hybridized carbons (Fsp3) is 0.133. The molecule has 0 aliphatic rings. The van der Waals surface area contributed by atoms with E-state index in [1.165, 1.54) is 0 Å². The molecule has 98 valence electrons. The molecular weight excluding hydrogens is 260 g/mol. The summed E-state index contributed by atoms with van der Waals surface area (Å²) in [5.41, 5.74) is 8.82. The molecule has 2 rings (SSSR count). The lowest BCUT2D eigenvalue weighted by Crippen LogP contribution is -2.23. The number of hydrogen-bond acceptors (Lipinski definition) is 2. The molecule has 0 atom stereocenters. The number of nitrogens with one attached hydrogen (secondary N) is 1. The topological polar surface area (TPSA) is 55.1 Å². The molecule has 0 fully saturated rings. The fourth-order valence-electron chi connectivity index (χ4n) is 1.84. The number of benzene rings is 2. The number of rotatable bonds is 3. The van der Waals surface area contributed by atoms with E-state index in [2.05, 4.69) is 5.32 Å². The SMILES string of the molecule is Cc1cccc(CNC(=O)c2ccc(Cl)cc2N)c1. The lowest BCUT2D eigenvalue weighted by atomic mass is 10.1. The smallest absolute Gasteiger partial charge is 0.253 e. The first kappa shape index (κ1) is 13.4. The van der Waals surface area contributed by atoms with Crippen molar-refractivity contribution in [3.8, 4) is 0 Å². The molecule has 19 heavy (non-hydrogen) atoms. The highest BCUT2D eigenvalue weighted by molar-refractivity contribution is 6.31. The van der Waals surface area contributed by atoms with Crippen LogP contribution in [0.1, 0.15) is 21.5 Å². The molecular formula is C15H15ClN2O. The molecule has 0 saturated heterocycles. The van der Waals surface area contributed by atoms with Gasteiger partial charge in [0.15, 0.2) is 0 Å². The van der Waals surface area contributed by atoms with E-state index in [-0.39, 0.29) is 5.91 Å². The summed E-state index contributed by atoms with van der Waals surface area (Å²) in [4.78, 5) is 12.0. The maximum absolute atomic E-state index is 12.0. The van der Waals surface area contributed by atoms with E-state index in [1.54, 1.807) is 18.2 Å². The van der Waals surface area contributed by atoms with Crippen molar-refractivity contribution in [1.29, 1.82) is 0 Å². The Kier molecular flexibility index (Phi) is 4.07. The summed E-state index contributed by atoms with van der Waals surface area (Å²) in [7, 11) is 0. The van der Waals surface area contributed by atoms with Crippen molar-refractivity contribution in [3.05, 3.63) is 64.2 Å². The molecule has 3 nitrogen and oxygen atoms in total. The van der Waals surface area contributed by atoms with Crippen molar-refractivity contribution >= 4 is 23.2 Å². The van der Waals surface area contributed by atoms with E-state index in [9.17, 15) is 4.79 Å². The highest BCUT2D eigenvalue weighted by Gasteiger charge is 2.09. The molecule has 0 unspecified atom stereocenters. The van der Waals surface area contributed by atoms with E-state index < -0.39 is 0 Å². The molecule has 0 aliphatic carbocycles. The number of amides is 1. The Labute approximate surface area is 117 Å². The van der Waals surface area contributed by atoms with Crippen molar-refractivity contribution in [2.24, 2.45) is 0 Å². The quantitative estimate of drug-likeness (QED) is 0.845. The lowest BCUT2D eigenvalue weighted by molar-refractivity contribution is 0.0952. The zero-order chi connectivity index (χ0) is 13.8. The van der Waals surface area contributed by atoms with Crippen LogP contribution in [0.2, 0.25) is 5.02 Å². The van der Waals surface area contributed by atoms with Crippen LogP contribution < -0.4 is 11.1 Å². The van der Waals surface area contributed by atoms with Crippen LogP contribution in [-0.4, -0.2) is 5.91 Å². The van der Waals surface area contributed by atoms with Gasteiger partial charge in [-0.05, 0) is 30.7 Å². The van der Waals surface area contributed by atoms with Gasteiger partial charge >= 0.3 is 0 Å². The van der Waals surface area contributed by atoms with E-state index in [1.807, 2.05) is 31.2 Å². The van der Waals surface area contributed by atoms with Gasteiger partial charge in [0.1, 0.15) is 0 Å². The largest absolute Gasteiger partial charge is 0.398 e. The number of anilines is 1. The second kappa shape index (κ2) is 5.76. The van der Waals surface area contributed by atoms with E-state index in [0.29, 0.717) is 22.8 Å². The number of hydrogen-bond donors (Lipinski definition) is 2. The normalized spacial score (nSPS) is 10.2. The minimum Gasteiger partial charge on any atom is -0.398 e. The van der Waals surface area contributed by atoms with Crippen LogP contribution in [0.3, 0.4) is 0 Å². The minimum absolute atomic E-state index is 0.198. The fourth-order valence-corrected chi connectivity index (χ4v) is 2.02. The molecule has 1 amide bonds. The highest BCUT2D eigenvalue weighted by atomic mass is 35.5. The van der Waals surface area contributed by atoms with Gasteiger partial charge in [-0.2, -0.15) is 0 Å². The predicted molar refractivity (Wildman–Crippen MR) is 78.2 cm³/mol. The Bertz CT molecular complexity index is 611. The zero-order valence-electron chi connectivity index (χ0n) is 10.6. The van der Waals surface area contributed by atoms with E-state index >= 15 is 0 Å². The molecule has 0 bridgehead atoms. The summed E-state index contributed by atoms with van der Waals surface area (Å²) < 4.78 is 0. The zero-order valence-corrected chi connectivity index (χ0v) is 11.4. The molecule has 2 aromatic carbocycles. The Balaban J connectivity index is 2.05. The number of nitrogen functional groups attached to an aromatic ring is 1. The third-order valence-corrected chi connectivity index (χ3v) is 3.03. The third-order valence-electron chi connectivity index (χ3n) is 2.79. The van der Waals surface area contributed by atoms with Crippen LogP contribution in [0, 0.1) is 6.92 Å². The van der Waals surface area contributed by atoms with Crippen LogP contribution in [0.5, 0.6) is 0 Å². The van der Waals surface area contributed by atoms with Gasteiger partial charge in [0.25, 0.3) is 5.91 Å². The summed E-state index contributed by atoms with van der Waals surface area (Å²) in [6.45, 7) is 2.49. The highest BCUT2D eigenvalue weighted by Crippen LogP contribution is 2.18. The Morgan fingerprint density at radius 2 is 2.05 bits per heavy atom. The van der Waals surface area contributed by atoms with Crippen LogP contribution in [0.15, 0.2) is 42.5 Å². The summed E-state index contributed by atoms with van der Waals surface area (Å²) >= 11 is 5.80. The number of aryl methyl sites for hydroxylation is 1. The van der Waals surface area contributed by atoms with Gasteiger partial charge < -0.3 is 11.1 Å². The van der Waals surface area contributed by atoms with Crippen LogP contribution in [0.4, 0.5) is 5.69 Å². The summed E-state index contributed by atoms with van der Waals surface area (Å²) in [6, 6.07) is 12.8. The van der Waals surface area contributed by atoms with Crippen molar-refractivity contribution < 1.29 is 4.79 Å². The van der Waals surface area contributed by atoms with Gasteiger partial charge in [-0.25, -0.2) is 0 Å². The monoisotopic (exact) mass is 274 g/mol. The average molecular weight is 275 g/mol. The van der Waals surface area contributed by atoms with Gasteiger partial charge in [-0.1, -0.05) is 41.4 Å². The van der Waals surface area contributed by atoms with Crippen LogP contribution >= 0.6 is 11.6 Å². The van der Waals surface area contributed by atoms with Crippen LogP contribution in [0.25, 0.3) is 0 Å². The van der Waals surface area contributed by atoms with Crippen molar-refractivity contribution in [1.82, 2.24) is 5.32 Å². The predicted octanol–water partition coefficient (Wildman–Crippen LogP) is 3.16. The Morgan fingerprint density at radius 1 is 1.26 bits per heavy atom. The first-order valence-electron chi connectivity index (χ1n) is 5.95. The third kappa shape index (κ3) is 3.48. The Hall–Kier alpha value is -2.00. The first-order chi connectivity index (χ1) is 9.06. The van der Waals surface area contributed by atoms with Gasteiger partial charge in [-0.15, -0.1) is 0 Å². The molecule has 0 aromatic heterocycles. The number of carbonyl (C=O) groups excluding carboxylic acids is 1. The van der Waals surface area contributed by atoms with E-state index in [4.69, 9.17) is 17.3 Å². The summed E-state index contributed by atoms with van der Waals surface area (Å²) in [6.07, 6.45) is 0. The van der Waals surface area contributed by atoms with Crippen molar-refractivity contribution in [3.63, 3.8) is 0 Å². The van der Waals surface area contributed by atoms with Crippen molar-refractivity contribution in [2.45, 2.75) is 13.5 Å². The molecule has 3 N–H and O–H groups in total. The van der Waals surface area contributed by atoms with Gasteiger partial charge in [-0.3, -0.25) is 4.79 Å². The number of halogens is 1. The maximum Gasteiger partial charge on any atom is 0.253 e. The molecule has 0 aliphatic heterocycles. The van der Waals surface area contributed by atoms with Crippen LogP contribution in [-0.2, 0) is 6.54 Å². The summed E-state index contributed by atoms with van der Waals surface area (Å²) in [5, 5.41) is 3.36. The number of carbonyl (C=O) groups is 1. The van der Waals surface area contributed by atoms with Gasteiger partial charge in [0.05, 0.1) is 5.56 Å². The van der Waals surface area contributed by atoms with Gasteiger partial charge in [0.2, 0.25) is 0 Å². The molecule has 4 heteroatoms. The minimum atomic E-state index is -0.198. The molecule has 0 heterocycles. The maximum atomic E-state index is 12.0. The van der Waals surface area contributed by atoms with Crippen molar-refractivity contribution in [2.75, 3.05) is 5.73 Å². The molecule has 0 spiro atoms. The molecule has 2 aromatic rings. The van der Waals surface area contributed by atoms with Gasteiger partial charge in [0, 0.05) is 17.3 Å². The average Bonchev–Trinajstić information content (AvgIpc) is 2.36. The lowest BCUT2D eigenvalue weighted by Gasteiger charge is -2.08. The first-order valence-corrected chi connectivity index (χ1v) is 6.33. The number of nitrogens with two attached hydrogens (primary N) is 1. The standard InChI is InChI=1S/C15H15ClN2O/c1-10-3-2-4-11(7-10)9-18-15(19)13-6-5-12(16)8-14(13)17/h2-8H,9,17H2,1H3,(H,18,19).